The average Bonchev–Trinajstić information content (AvgIpc) is 1.98. The van der Waals surface area contributed by atoms with E-state index in [-0.39, 0.29) is 18.0 Å². The molecule has 3 saturated heterocycles. The van der Waals surface area contributed by atoms with Crippen LogP contribution in [0.4, 0.5) is 0 Å². The molecule has 0 spiro atoms. The molecular weight excluding hydrogens is 214 g/mol. The van der Waals surface area contributed by atoms with Gasteiger partial charge in [-0.2, -0.15) is 0 Å². The third-order valence-corrected chi connectivity index (χ3v) is 4.00. The number of halogens is 1. The smallest absolute Gasteiger partial charge is 0.0911 e. The topological polar surface area (TPSA) is 45.3 Å². The second-order valence-electron chi connectivity index (χ2n) is 4.69. The number of morpholine rings is 1. The highest BCUT2D eigenvalue weighted by molar-refractivity contribution is 5.85. The third-order valence-electron chi connectivity index (χ3n) is 4.00. The first kappa shape index (κ1) is 11.6. The average molecular weight is 234 g/mol. The predicted octanol–water partition coefficient (Wildman–Crippen LogP) is -0.794. The van der Waals surface area contributed by atoms with E-state index in [1.165, 1.54) is 0 Å². The molecule has 3 fully saturated rings. The molecule has 0 atom stereocenters. The van der Waals surface area contributed by atoms with Crippen LogP contribution >= 0.6 is 12.4 Å². The molecule has 3 heterocycles. The SMILES string of the molecule is C1COC(C2CNC2)(C2CNC2)CN1.Cl. The highest BCUT2D eigenvalue weighted by atomic mass is 35.5. The normalized spacial score (nSPS) is 31.2. The summed E-state index contributed by atoms with van der Waals surface area (Å²) in [6.07, 6.45) is 0. The van der Waals surface area contributed by atoms with E-state index in [9.17, 15) is 0 Å². The summed E-state index contributed by atoms with van der Waals surface area (Å²) in [6, 6.07) is 0. The lowest BCUT2D eigenvalue weighted by atomic mass is 9.70. The Hall–Kier alpha value is 0.130. The molecular formula is C10H20ClN3O. The molecule has 0 unspecified atom stereocenters. The Labute approximate surface area is 96.9 Å². The van der Waals surface area contributed by atoms with Crippen LogP contribution in [0.25, 0.3) is 0 Å². The summed E-state index contributed by atoms with van der Waals surface area (Å²) < 4.78 is 6.13. The number of nitrogens with one attached hydrogen (secondary N) is 3. The molecule has 3 N–H and O–H groups in total. The van der Waals surface area contributed by atoms with Crippen molar-refractivity contribution >= 4 is 12.4 Å². The molecule has 15 heavy (non-hydrogen) atoms. The fraction of sp³-hybridized carbons (Fsp3) is 1.00. The Morgan fingerprint density at radius 1 is 0.933 bits per heavy atom. The van der Waals surface area contributed by atoms with E-state index in [2.05, 4.69) is 16.0 Å². The van der Waals surface area contributed by atoms with Gasteiger partial charge in [-0.25, -0.2) is 0 Å². The van der Waals surface area contributed by atoms with Crippen LogP contribution in [-0.4, -0.2) is 51.5 Å². The molecule has 3 aliphatic heterocycles. The van der Waals surface area contributed by atoms with Crippen LogP contribution in [0.15, 0.2) is 0 Å². The Bertz CT molecular complexity index is 197. The Balaban J connectivity index is 0.000000853. The first-order valence-corrected chi connectivity index (χ1v) is 5.68. The summed E-state index contributed by atoms with van der Waals surface area (Å²) in [5.41, 5.74) is 0.134. The van der Waals surface area contributed by atoms with Gasteiger partial charge in [-0.05, 0) is 0 Å². The zero-order valence-electron chi connectivity index (χ0n) is 8.92. The van der Waals surface area contributed by atoms with Crippen molar-refractivity contribution in [1.82, 2.24) is 16.0 Å². The fourth-order valence-electron chi connectivity index (χ4n) is 2.77. The molecule has 3 aliphatic rings. The van der Waals surface area contributed by atoms with Crippen molar-refractivity contribution in [2.45, 2.75) is 5.60 Å². The zero-order valence-corrected chi connectivity index (χ0v) is 9.74. The van der Waals surface area contributed by atoms with Gasteiger partial charge in [-0.3, -0.25) is 0 Å². The van der Waals surface area contributed by atoms with E-state index in [0.717, 1.165) is 57.7 Å². The van der Waals surface area contributed by atoms with Gasteiger partial charge in [0.05, 0.1) is 12.2 Å². The standard InChI is InChI=1S/C10H19N3O.ClH/c1-2-14-10(7-11-1,8-3-12-4-8)9-5-13-6-9;/h8-9,11-13H,1-7H2;1H. The van der Waals surface area contributed by atoms with Crippen LogP contribution in [0.2, 0.25) is 0 Å². The molecule has 5 heteroatoms. The number of ether oxygens (including phenoxy) is 1. The Kier molecular flexibility index (Phi) is 3.52. The van der Waals surface area contributed by atoms with Crippen LogP contribution in [-0.2, 0) is 4.74 Å². The summed E-state index contributed by atoms with van der Waals surface area (Å²) in [7, 11) is 0. The molecule has 0 aromatic rings. The highest BCUT2D eigenvalue weighted by Gasteiger charge is 2.51. The van der Waals surface area contributed by atoms with Gasteiger partial charge in [0.1, 0.15) is 0 Å². The van der Waals surface area contributed by atoms with E-state index >= 15 is 0 Å². The van der Waals surface area contributed by atoms with Gasteiger partial charge in [0.25, 0.3) is 0 Å². The first-order valence-electron chi connectivity index (χ1n) is 5.68. The quantitative estimate of drug-likeness (QED) is 0.585. The molecule has 0 aromatic heterocycles. The maximum Gasteiger partial charge on any atom is 0.0911 e. The van der Waals surface area contributed by atoms with Crippen molar-refractivity contribution in [3.8, 4) is 0 Å². The van der Waals surface area contributed by atoms with E-state index in [0.29, 0.717) is 0 Å². The maximum absolute atomic E-state index is 6.13. The summed E-state index contributed by atoms with van der Waals surface area (Å²) in [6.45, 7) is 7.49. The van der Waals surface area contributed by atoms with Crippen molar-refractivity contribution in [2.75, 3.05) is 45.9 Å². The molecule has 88 valence electrons. The number of rotatable bonds is 2. The van der Waals surface area contributed by atoms with Gasteiger partial charge in [0.2, 0.25) is 0 Å². The minimum Gasteiger partial charge on any atom is -0.372 e. The third kappa shape index (κ3) is 1.78. The molecule has 0 saturated carbocycles. The van der Waals surface area contributed by atoms with Gasteiger partial charge in [0.15, 0.2) is 0 Å². The minimum absolute atomic E-state index is 0. The Morgan fingerprint density at radius 3 is 1.87 bits per heavy atom. The van der Waals surface area contributed by atoms with Crippen molar-refractivity contribution in [1.29, 1.82) is 0 Å². The summed E-state index contributed by atoms with van der Waals surface area (Å²) in [5, 5.41) is 10.2. The van der Waals surface area contributed by atoms with Crippen molar-refractivity contribution in [2.24, 2.45) is 11.8 Å². The maximum atomic E-state index is 6.13. The van der Waals surface area contributed by atoms with Crippen molar-refractivity contribution < 1.29 is 4.74 Å². The van der Waals surface area contributed by atoms with Crippen LogP contribution in [0.3, 0.4) is 0 Å². The van der Waals surface area contributed by atoms with Gasteiger partial charge >= 0.3 is 0 Å². The largest absolute Gasteiger partial charge is 0.372 e. The summed E-state index contributed by atoms with van der Waals surface area (Å²) >= 11 is 0. The van der Waals surface area contributed by atoms with Gasteiger partial charge in [-0.1, -0.05) is 0 Å². The molecule has 0 aromatic carbocycles. The van der Waals surface area contributed by atoms with Crippen LogP contribution in [0.5, 0.6) is 0 Å². The lowest BCUT2D eigenvalue weighted by molar-refractivity contribution is -0.162. The molecule has 0 amide bonds. The van der Waals surface area contributed by atoms with E-state index < -0.39 is 0 Å². The molecule has 3 rings (SSSR count). The van der Waals surface area contributed by atoms with E-state index in [4.69, 9.17) is 4.74 Å². The molecule has 4 nitrogen and oxygen atoms in total. The second kappa shape index (κ2) is 4.55. The molecule has 0 aliphatic carbocycles. The van der Waals surface area contributed by atoms with Crippen LogP contribution < -0.4 is 16.0 Å². The first-order chi connectivity index (χ1) is 6.92. The van der Waals surface area contributed by atoms with Crippen LogP contribution in [0, 0.1) is 11.8 Å². The van der Waals surface area contributed by atoms with Gasteiger partial charge in [-0.15, -0.1) is 12.4 Å². The monoisotopic (exact) mass is 233 g/mol. The minimum atomic E-state index is 0. The number of hydrogen-bond acceptors (Lipinski definition) is 4. The highest BCUT2D eigenvalue weighted by Crippen LogP contribution is 2.36. The van der Waals surface area contributed by atoms with Crippen molar-refractivity contribution in [3.63, 3.8) is 0 Å². The number of hydrogen-bond donors (Lipinski definition) is 3. The molecule has 0 radical (unpaired) electrons. The summed E-state index contributed by atoms with van der Waals surface area (Å²) in [4.78, 5) is 0. The zero-order chi connectivity index (χ0) is 9.43. The van der Waals surface area contributed by atoms with Crippen molar-refractivity contribution in [3.05, 3.63) is 0 Å². The van der Waals surface area contributed by atoms with Gasteiger partial charge < -0.3 is 20.7 Å². The predicted molar refractivity (Wildman–Crippen MR) is 61.5 cm³/mol. The summed E-state index contributed by atoms with van der Waals surface area (Å²) in [5.74, 6) is 1.45. The fourth-order valence-corrected chi connectivity index (χ4v) is 2.77. The Morgan fingerprint density at radius 2 is 1.53 bits per heavy atom. The van der Waals surface area contributed by atoms with E-state index in [1.54, 1.807) is 0 Å². The van der Waals surface area contributed by atoms with Crippen LogP contribution in [0.1, 0.15) is 0 Å². The second-order valence-corrected chi connectivity index (χ2v) is 4.69. The van der Waals surface area contributed by atoms with Gasteiger partial charge in [0, 0.05) is 51.1 Å². The van der Waals surface area contributed by atoms with E-state index in [1.807, 2.05) is 0 Å². The molecule has 0 bridgehead atoms. The lowest BCUT2D eigenvalue weighted by Crippen LogP contribution is -2.71. The lowest BCUT2D eigenvalue weighted by Gasteiger charge is -2.54.